The van der Waals surface area contributed by atoms with Crippen LogP contribution in [0.25, 0.3) is 0 Å². The van der Waals surface area contributed by atoms with Crippen LogP contribution >= 0.6 is 11.6 Å². The molecule has 0 N–H and O–H groups in total. The van der Waals surface area contributed by atoms with E-state index in [2.05, 4.69) is 4.98 Å². The molecule has 2 aromatic rings. The van der Waals surface area contributed by atoms with Crippen molar-refractivity contribution in [2.24, 2.45) is 0 Å². The Balaban J connectivity index is 2.15. The van der Waals surface area contributed by atoms with E-state index in [0.717, 1.165) is 12.3 Å². The van der Waals surface area contributed by atoms with Crippen molar-refractivity contribution in [2.75, 3.05) is 0 Å². The van der Waals surface area contributed by atoms with E-state index in [1.165, 1.54) is 18.2 Å². The molecule has 1 heterocycles. The van der Waals surface area contributed by atoms with Gasteiger partial charge in [-0.1, -0.05) is 29.8 Å². The van der Waals surface area contributed by atoms with Crippen molar-refractivity contribution in [2.45, 2.75) is 6.61 Å². The molecule has 0 aliphatic carbocycles. The van der Waals surface area contributed by atoms with Crippen LogP contribution in [0.2, 0.25) is 5.15 Å². The SMILES string of the molecule is O=C(OCc1ccccc1F)c1cc([N+](=O)[O-])cnc1Cl. The van der Waals surface area contributed by atoms with Gasteiger partial charge >= 0.3 is 5.97 Å². The van der Waals surface area contributed by atoms with E-state index in [9.17, 15) is 19.3 Å². The molecule has 0 aliphatic heterocycles. The molecular weight excluding hydrogens is 303 g/mol. The van der Waals surface area contributed by atoms with Gasteiger partial charge in [-0.15, -0.1) is 0 Å². The number of pyridine rings is 1. The van der Waals surface area contributed by atoms with Crippen molar-refractivity contribution < 1.29 is 18.8 Å². The zero-order valence-corrected chi connectivity index (χ0v) is 11.2. The highest BCUT2D eigenvalue weighted by Crippen LogP contribution is 2.20. The highest BCUT2D eigenvalue weighted by molar-refractivity contribution is 6.32. The van der Waals surface area contributed by atoms with E-state index >= 15 is 0 Å². The summed E-state index contributed by atoms with van der Waals surface area (Å²) >= 11 is 5.70. The van der Waals surface area contributed by atoms with Crippen LogP contribution in [0.3, 0.4) is 0 Å². The van der Waals surface area contributed by atoms with Gasteiger partial charge in [0.25, 0.3) is 5.69 Å². The number of hydrogen-bond donors (Lipinski definition) is 0. The van der Waals surface area contributed by atoms with Crippen molar-refractivity contribution in [1.82, 2.24) is 4.98 Å². The molecule has 0 radical (unpaired) electrons. The largest absolute Gasteiger partial charge is 0.457 e. The second-order valence-electron chi connectivity index (χ2n) is 3.96. The van der Waals surface area contributed by atoms with Crippen LogP contribution in [0.5, 0.6) is 0 Å². The number of esters is 1. The second kappa shape index (κ2) is 6.27. The predicted octanol–water partition coefficient (Wildman–Crippen LogP) is 3.14. The first-order valence-electron chi connectivity index (χ1n) is 5.69. The number of ether oxygens (including phenoxy) is 1. The Bertz CT molecular complexity index is 708. The summed E-state index contributed by atoms with van der Waals surface area (Å²) in [6, 6.07) is 6.73. The topological polar surface area (TPSA) is 82.3 Å². The molecule has 0 bridgehead atoms. The number of nitro groups is 1. The Hall–Kier alpha value is -2.54. The monoisotopic (exact) mass is 310 g/mol. The maximum Gasteiger partial charge on any atom is 0.341 e. The minimum atomic E-state index is -0.917. The number of carbonyl (C=O) groups is 1. The van der Waals surface area contributed by atoms with Crippen molar-refractivity contribution in [3.05, 3.63) is 68.7 Å². The Morgan fingerprint density at radius 3 is 2.81 bits per heavy atom. The van der Waals surface area contributed by atoms with Crippen LogP contribution in [0, 0.1) is 15.9 Å². The average molecular weight is 311 g/mol. The van der Waals surface area contributed by atoms with Crippen LogP contribution in [-0.2, 0) is 11.3 Å². The van der Waals surface area contributed by atoms with E-state index in [1.807, 2.05) is 0 Å². The molecule has 21 heavy (non-hydrogen) atoms. The highest BCUT2D eigenvalue weighted by Gasteiger charge is 2.18. The van der Waals surface area contributed by atoms with Crippen LogP contribution in [-0.4, -0.2) is 15.9 Å². The molecule has 0 fully saturated rings. The number of benzene rings is 1. The third-order valence-electron chi connectivity index (χ3n) is 2.57. The van der Waals surface area contributed by atoms with E-state index in [1.54, 1.807) is 6.07 Å². The van der Waals surface area contributed by atoms with Crippen LogP contribution in [0.1, 0.15) is 15.9 Å². The Labute approximate surface area is 123 Å². The maximum absolute atomic E-state index is 13.4. The number of nitrogens with zero attached hydrogens (tertiary/aromatic N) is 2. The summed E-state index contributed by atoms with van der Waals surface area (Å²) in [5.74, 6) is -1.44. The highest BCUT2D eigenvalue weighted by atomic mass is 35.5. The van der Waals surface area contributed by atoms with Gasteiger partial charge in [-0.05, 0) is 6.07 Å². The van der Waals surface area contributed by atoms with Crippen molar-refractivity contribution in [3.8, 4) is 0 Å². The summed E-state index contributed by atoms with van der Waals surface area (Å²) in [6.45, 7) is -0.315. The third-order valence-corrected chi connectivity index (χ3v) is 2.87. The summed E-state index contributed by atoms with van der Waals surface area (Å²) in [4.78, 5) is 25.3. The molecule has 0 amide bonds. The Kier molecular flexibility index (Phi) is 4.44. The van der Waals surface area contributed by atoms with Crippen molar-refractivity contribution in [1.29, 1.82) is 0 Å². The van der Waals surface area contributed by atoms with Crippen molar-refractivity contribution >= 4 is 23.3 Å². The number of carbonyl (C=O) groups excluding carboxylic acids is 1. The lowest BCUT2D eigenvalue weighted by Gasteiger charge is -2.06. The van der Waals surface area contributed by atoms with E-state index < -0.39 is 22.4 Å². The van der Waals surface area contributed by atoms with E-state index in [4.69, 9.17) is 16.3 Å². The minimum absolute atomic E-state index is 0.181. The van der Waals surface area contributed by atoms with Gasteiger partial charge in [0.2, 0.25) is 0 Å². The lowest BCUT2D eigenvalue weighted by atomic mass is 10.2. The Morgan fingerprint density at radius 2 is 2.14 bits per heavy atom. The van der Waals surface area contributed by atoms with Gasteiger partial charge in [-0.25, -0.2) is 14.2 Å². The number of halogens is 2. The molecule has 0 saturated heterocycles. The Morgan fingerprint density at radius 1 is 1.43 bits per heavy atom. The van der Waals surface area contributed by atoms with Crippen LogP contribution in [0.4, 0.5) is 10.1 Å². The fourth-order valence-electron chi connectivity index (χ4n) is 1.52. The predicted molar refractivity (Wildman–Crippen MR) is 71.4 cm³/mol. The zero-order chi connectivity index (χ0) is 15.4. The molecule has 0 aliphatic rings. The van der Waals surface area contributed by atoms with Gasteiger partial charge in [0.05, 0.1) is 4.92 Å². The fourth-order valence-corrected chi connectivity index (χ4v) is 1.70. The number of rotatable bonds is 4. The molecule has 6 nitrogen and oxygen atoms in total. The van der Waals surface area contributed by atoms with E-state index in [-0.39, 0.29) is 22.9 Å². The van der Waals surface area contributed by atoms with Gasteiger partial charge in [0.1, 0.15) is 29.3 Å². The first-order valence-corrected chi connectivity index (χ1v) is 6.07. The normalized spacial score (nSPS) is 10.2. The number of aromatic nitrogens is 1. The zero-order valence-electron chi connectivity index (χ0n) is 10.5. The third kappa shape index (κ3) is 3.51. The summed E-state index contributed by atoms with van der Waals surface area (Å²) in [6.07, 6.45) is 0.927. The lowest BCUT2D eigenvalue weighted by Crippen LogP contribution is -2.08. The summed E-state index contributed by atoms with van der Waals surface area (Å²) in [5, 5.41) is 10.4. The first-order chi connectivity index (χ1) is 9.99. The van der Waals surface area contributed by atoms with Gasteiger partial charge in [0, 0.05) is 11.6 Å². The molecular formula is C13H8ClFN2O4. The summed E-state index contributed by atoms with van der Waals surface area (Å²) < 4.78 is 18.3. The van der Waals surface area contributed by atoms with Crippen LogP contribution in [0.15, 0.2) is 36.5 Å². The fraction of sp³-hybridized carbons (Fsp3) is 0.0769. The molecule has 1 aromatic carbocycles. The van der Waals surface area contributed by atoms with Gasteiger partial charge in [-0.3, -0.25) is 10.1 Å². The summed E-state index contributed by atoms with van der Waals surface area (Å²) in [5.41, 5.74) is -0.459. The molecule has 1 aromatic heterocycles. The van der Waals surface area contributed by atoms with Gasteiger partial charge in [-0.2, -0.15) is 0 Å². The number of hydrogen-bond acceptors (Lipinski definition) is 5. The quantitative estimate of drug-likeness (QED) is 0.375. The van der Waals surface area contributed by atoms with Gasteiger partial charge in [0.15, 0.2) is 0 Å². The molecule has 0 unspecified atom stereocenters. The smallest absolute Gasteiger partial charge is 0.341 e. The van der Waals surface area contributed by atoms with Crippen LogP contribution < -0.4 is 0 Å². The minimum Gasteiger partial charge on any atom is -0.457 e. The molecule has 2 rings (SSSR count). The lowest BCUT2D eigenvalue weighted by molar-refractivity contribution is -0.385. The molecule has 0 atom stereocenters. The van der Waals surface area contributed by atoms with Gasteiger partial charge < -0.3 is 4.74 Å². The molecule has 8 heteroatoms. The molecule has 108 valence electrons. The van der Waals surface area contributed by atoms with Crippen molar-refractivity contribution in [3.63, 3.8) is 0 Å². The average Bonchev–Trinajstić information content (AvgIpc) is 2.46. The summed E-state index contributed by atoms with van der Waals surface area (Å²) in [7, 11) is 0. The second-order valence-corrected chi connectivity index (χ2v) is 4.31. The molecule has 0 spiro atoms. The standard InChI is InChI=1S/C13H8ClFN2O4/c14-12-10(5-9(6-16-12)17(19)20)13(18)21-7-8-3-1-2-4-11(8)15/h1-6H,7H2. The van der Waals surface area contributed by atoms with E-state index in [0.29, 0.717) is 0 Å². The molecule has 0 saturated carbocycles. The first kappa shape index (κ1) is 14.9. The maximum atomic E-state index is 13.4.